The zero-order valence-corrected chi connectivity index (χ0v) is 12.8. The molecule has 0 saturated heterocycles. The van der Waals surface area contributed by atoms with Crippen molar-refractivity contribution in [2.75, 3.05) is 19.0 Å². The lowest BCUT2D eigenvalue weighted by Crippen LogP contribution is -2.07. The van der Waals surface area contributed by atoms with Crippen LogP contribution in [-0.2, 0) is 0 Å². The molecule has 1 aromatic heterocycles. The van der Waals surface area contributed by atoms with Gasteiger partial charge >= 0.3 is 0 Å². The molecule has 110 valence electrons. The zero-order chi connectivity index (χ0) is 15.4. The van der Waals surface area contributed by atoms with Crippen LogP contribution >= 0.6 is 0 Å². The molecule has 0 atom stereocenters. The molecule has 3 nitrogen and oxygen atoms in total. The predicted octanol–water partition coefficient (Wildman–Crippen LogP) is 4.29. The van der Waals surface area contributed by atoms with Gasteiger partial charge in [0.1, 0.15) is 0 Å². The van der Waals surface area contributed by atoms with E-state index in [1.165, 1.54) is 5.69 Å². The molecule has 0 spiro atoms. The fourth-order valence-electron chi connectivity index (χ4n) is 2.30. The highest BCUT2D eigenvalue weighted by Gasteiger charge is 2.00. The first-order valence-corrected chi connectivity index (χ1v) is 7.28. The molecule has 0 aliphatic carbocycles. The van der Waals surface area contributed by atoms with E-state index in [1.54, 1.807) is 0 Å². The Kier molecular flexibility index (Phi) is 4.05. The average Bonchev–Trinajstić information content (AvgIpc) is 3.02. The van der Waals surface area contributed by atoms with Crippen LogP contribution in [0.1, 0.15) is 5.69 Å². The molecular weight excluding hydrogens is 270 g/mol. The first-order chi connectivity index (χ1) is 10.7. The number of nitrogens with zero attached hydrogens (tertiary/aromatic N) is 3. The third-order valence-corrected chi connectivity index (χ3v) is 3.53. The SMILES string of the molecule is CN(C)c1ccc(N=Cc2cccn2-c2ccccc2)cc1. The molecule has 0 bridgehead atoms. The summed E-state index contributed by atoms with van der Waals surface area (Å²) in [5.41, 5.74) is 4.32. The molecule has 0 N–H and O–H groups in total. The minimum atomic E-state index is 0.950. The van der Waals surface area contributed by atoms with Gasteiger partial charge in [-0.3, -0.25) is 4.99 Å². The van der Waals surface area contributed by atoms with Gasteiger partial charge in [0.2, 0.25) is 0 Å². The van der Waals surface area contributed by atoms with Crippen molar-refractivity contribution in [1.29, 1.82) is 0 Å². The van der Waals surface area contributed by atoms with Gasteiger partial charge in [0.25, 0.3) is 0 Å². The molecule has 1 heterocycles. The zero-order valence-electron chi connectivity index (χ0n) is 12.8. The first kappa shape index (κ1) is 14.1. The molecule has 2 aromatic carbocycles. The van der Waals surface area contributed by atoms with Gasteiger partial charge in [0, 0.05) is 31.7 Å². The minimum Gasteiger partial charge on any atom is -0.378 e. The Morgan fingerprint density at radius 1 is 0.864 bits per heavy atom. The maximum Gasteiger partial charge on any atom is 0.0639 e. The molecule has 3 aromatic rings. The number of anilines is 1. The largest absolute Gasteiger partial charge is 0.378 e. The molecule has 0 unspecified atom stereocenters. The number of hydrogen-bond acceptors (Lipinski definition) is 2. The van der Waals surface area contributed by atoms with E-state index >= 15 is 0 Å². The van der Waals surface area contributed by atoms with E-state index in [9.17, 15) is 0 Å². The van der Waals surface area contributed by atoms with Crippen molar-refractivity contribution in [3.8, 4) is 5.69 Å². The summed E-state index contributed by atoms with van der Waals surface area (Å²) >= 11 is 0. The number of para-hydroxylation sites is 1. The lowest BCUT2D eigenvalue weighted by atomic mass is 10.2. The summed E-state index contributed by atoms with van der Waals surface area (Å²) in [6.45, 7) is 0. The lowest BCUT2D eigenvalue weighted by molar-refractivity contribution is 1.07. The minimum absolute atomic E-state index is 0.950. The summed E-state index contributed by atoms with van der Waals surface area (Å²) in [6, 6.07) is 22.6. The second kappa shape index (κ2) is 6.31. The van der Waals surface area contributed by atoms with Crippen molar-refractivity contribution in [3.63, 3.8) is 0 Å². The molecule has 0 aliphatic heterocycles. The van der Waals surface area contributed by atoms with E-state index in [0.29, 0.717) is 0 Å². The van der Waals surface area contributed by atoms with Gasteiger partial charge in [0.15, 0.2) is 0 Å². The van der Waals surface area contributed by atoms with Crippen molar-refractivity contribution in [3.05, 3.63) is 78.6 Å². The molecule has 0 aliphatic rings. The Morgan fingerprint density at radius 3 is 2.27 bits per heavy atom. The lowest BCUT2D eigenvalue weighted by Gasteiger charge is -2.11. The molecule has 3 heteroatoms. The highest BCUT2D eigenvalue weighted by atomic mass is 15.1. The smallest absolute Gasteiger partial charge is 0.0639 e. The van der Waals surface area contributed by atoms with E-state index in [1.807, 2.05) is 62.9 Å². The third-order valence-electron chi connectivity index (χ3n) is 3.53. The number of aliphatic imine (C=N–C) groups is 1. The number of rotatable bonds is 4. The topological polar surface area (TPSA) is 20.5 Å². The summed E-state index contributed by atoms with van der Waals surface area (Å²) in [7, 11) is 4.07. The summed E-state index contributed by atoms with van der Waals surface area (Å²) in [4.78, 5) is 6.65. The quantitative estimate of drug-likeness (QED) is 0.656. The Hall–Kier alpha value is -2.81. The molecule has 3 rings (SSSR count). The van der Waals surface area contributed by atoms with Gasteiger partial charge in [-0.2, -0.15) is 0 Å². The highest BCUT2D eigenvalue weighted by molar-refractivity contribution is 5.81. The fourth-order valence-corrected chi connectivity index (χ4v) is 2.30. The monoisotopic (exact) mass is 289 g/mol. The molecular formula is C19H19N3. The Labute approximate surface area is 131 Å². The van der Waals surface area contributed by atoms with Gasteiger partial charge in [0.05, 0.1) is 17.6 Å². The van der Waals surface area contributed by atoms with E-state index in [2.05, 4.69) is 44.8 Å². The normalized spacial score (nSPS) is 11.0. The summed E-state index contributed by atoms with van der Waals surface area (Å²) < 4.78 is 2.12. The van der Waals surface area contributed by atoms with E-state index < -0.39 is 0 Å². The standard InChI is InChI=1S/C19H19N3/c1-21(2)17-12-10-16(11-13-17)20-15-19-9-6-14-22(19)18-7-4-3-5-8-18/h3-15H,1-2H3. The van der Waals surface area contributed by atoms with Crippen molar-refractivity contribution < 1.29 is 0 Å². The number of aromatic nitrogens is 1. The number of benzene rings is 2. The van der Waals surface area contributed by atoms with Gasteiger partial charge in [-0.15, -0.1) is 0 Å². The van der Waals surface area contributed by atoms with Crippen LogP contribution in [0.5, 0.6) is 0 Å². The van der Waals surface area contributed by atoms with Gasteiger partial charge in [-0.1, -0.05) is 18.2 Å². The van der Waals surface area contributed by atoms with Gasteiger partial charge in [-0.25, -0.2) is 0 Å². The summed E-state index contributed by atoms with van der Waals surface area (Å²) in [5.74, 6) is 0. The van der Waals surface area contributed by atoms with E-state index in [-0.39, 0.29) is 0 Å². The van der Waals surface area contributed by atoms with Crippen LogP contribution in [0, 0.1) is 0 Å². The molecule has 0 saturated carbocycles. The Balaban J connectivity index is 1.83. The summed E-state index contributed by atoms with van der Waals surface area (Å²) in [5, 5.41) is 0. The predicted molar refractivity (Wildman–Crippen MR) is 93.8 cm³/mol. The van der Waals surface area contributed by atoms with Crippen LogP contribution in [-0.4, -0.2) is 24.9 Å². The van der Waals surface area contributed by atoms with Gasteiger partial charge < -0.3 is 9.47 Å². The van der Waals surface area contributed by atoms with E-state index in [4.69, 9.17) is 0 Å². The second-order valence-corrected chi connectivity index (χ2v) is 5.31. The molecule has 0 amide bonds. The molecule has 0 radical (unpaired) electrons. The van der Waals surface area contributed by atoms with Crippen LogP contribution < -0.4 is 4.90 Å². The number of hydrogen-bond donors (Lipinski definition) is 0. The van der Waals surface area contributed by atoms with Crippen molar-refractivity contribution in [1.82, 2.24) is 4.57 Å². The maximum atomic E-state index is 4.57. The van der Waals surface area contributed by atoms with Gasteiger partial charge in [-0.05, 0) is 48.5 Å². The van der Waals surface area contributed by atoms with Crippen LogP contribution in [0.4, 0.5) is 11.4 Å². The maximum absolute atomic E-state index is 4.57. The Bertz CT molecular complexity index is 753. The second-order valence-electron chi connectivity index (χ2n) is 5.31. The van der Waals surface area contributed by atoms with Crippen LogP contribution in [0.15, 0.2) is 77.9 Å². The third kappa shape index (κ3) is 3.09. The first-order valence-electron chi connectivity index (χ1n) is 7.28. The average molecular weight is 289 g/mol. The fraction of sp³-hybridized carbons (Fsp3) is 0.105. The van der Waals surface area contributed by atoms with Crippen LogP contribution in [0.3, 0.4) is 0 Å². The Morgan fingerprint density at radius 2 is 1.59 bits per heavy atom. The van der Waals surface area contributed by atoms with Crippen LogP contribution in [0.2, 0.25) is 0 Å². The summed E-state index contributed by atoms with van der Waals surface area (Å²) in [6.07, 6.45) is 3.95. The van der Waals surface area contributed by atoms with Crippen LogP contribution in [0.25, 0.3) is 5.69 Å². The molecule has 0 fully saturated rings. The highest BCUT2D eigenvalue weighted by Crippen LogP contribution is 2.18. The van der Waals surface area contributed by atoms with Crippen molar-refractivity contribution in [2.45, 2.75) is 0 Å². The molecule has 22 heavy (non-hydrogen) atoms. The van der Waals surface area contributed by atoms with Crippen molar-refractivity contribution >= 4 is 17.6 Å². The van der Waals surface area contributed by atoms with E-state index in [0.717, 1.165) is 17.1 Å². The van der Waals surface area contributed by atoms with Crippen molar-refractivity contribution in [2.24, 2.45) is 4.99 Å².